The molecule has 0 spiro atoms. The Kier molecular flexibility index (Phi) is 4.33. The summed E-state index contributed by atoms with van der Waals surface area (Å²) in [4.78, 5) is 27.0. The van der Waals surface area contributed by atoms with E-state index in [1.165, 1.54) is 0 Å². The van der Waals surface area contributed by atoms with Crippen molar-refractivity contribution in [3.8, 4) is 6.07 Å². The van der Waals surface area contributed by atoms with Crippen LogP contribution in [0.4, 0.5) is 11.5 Å². The van der Waals surface area contributed by atoms with Gasteiger partial charge in [-0.3, -0.25) is 10.1 Å². The minimum Gasteiger partial charge on any atom is -0.480 e. The van der Waals surface area contributed by atoms with Gasteiger partial charge in [0.15, 0.2) is 0 Å². The first kappa shape index (κ1) is 14.7. The van der Waals surface area contributed by atoms with Crippen LogP contribution in [0.2, 0.25) is 0 Å². The summed E-state index contributed by atoms with van der Waals surface area (Å²) >= 11 is 0. The van der Waals surface area contributed by atoms with Gasteiger partial charge in [-0.05, 0) is 12.8 Å². The summed E-state index contributed by atoms with van der Waals surface area (Å²) in [6.45, 7) is 0.469. The number of carboxylic acids is 1. The lowest BCUT2D eigenvalue weighted by atomic mass is 10.1. The highest BCUT2D eigenvalue weighted by Crippen LogP contribution is 2.27. The predicted octanol–water partition coefficient (Wildman–Crippen LogP) is 1.70. The number of hydrogen-bond donors (Lipinski definition) is 1. The van der Waals surface area contributed by atoms with Gasteiger partial charge in [-0.2, -0.15) is 5.26 Å². The van der Waals surface area contributed by atoms with Crippen LogP contribution >= 0.6 is 0 Å². The summed E-state index contributed by atoms with van der Waals surface area (Å²) in [7, 11) is 0. The topological polar surface area (TPSA) is 120 Å². The molecule has 1 atom stereocenters. The second-order valence-electron chi connectivity index (χ2n) is 4.83. The molecule has 1 N–H and O–H groups in total. The number of pyridine rings is 1. The van der Waals surface area contributed by atoms with Gasteiger partial charge < -0.3 is 10.0 Å². The van der Waals surface area contributed by atoms with Gasteiger partial charge in [-0.1, -0.05) is 12.8 Å². The molecule has 0 amide bonds. The molecule has 2 rings (SSSR count). The Morgan fingerprint density at radius 2 is 2.29 bits per heavy atom. The Bertz CT molecular complexity index is 611. The van der Waals surface area contributed by atoms with Gasteiger partial charge in [0.2, 0.25) is 0 Å². The zero-order chi connectivity index (χ0) is 15.4. The molecule has 1 saturated heterocycles. The number of anilines is 1. The molecular formula is C13H14N4O4. The van der Waals surface area contributed by atoms with Crippen molar-refractivity contribution < 1.29 is 14.8 Å². The van der Waals surface area contributed by atoms with Gasteiger partial charge in [-0.15, -0.1) is 0 Å². The van der Waals surface area contributed by atoms with E-state index in [-0.39, 0.29) is 17.1 Å². The number of nitrogens with zero attached hydrogens (tertiary/aromatic N) is 4. The molecule has 0 aliphatic carbocycles. The van der Waals surface area contributed by atoms with Crippen molar-refractivity contribution in [3.05, 3.63) is 27.9 Å². The third-order valence-corrected chi connectivity index (χ3v) is 3.49. The quantitative estimate of drug-likeness (QED) is 0.664. The summed E-state index contributed by atoms with van der Waals surface area (Å²) < 4.78 is 0. The summed E-state index contributed by atoms with van der Waals surface area (Å²) in [6, 6.07) is 2.24. The molecule has 0 bridgehead atoms. The lowest BCUT2D eigenvalue weighted by Crippen LogP contribution is -2.41. The van der Waals surface area contributed by atoms with Crippen LogP contribution in [0.1, 0.15) is 31.2 Å². The first-order valence-corrected chi connectivity index (χ1v) is 6.58. The number of nitriles is 1. The Hall–Kier alpha value is -2.69. The maximum absolute atomic E-state index is 11.4. The molecule has 1 aliphatic heterocycles. The predicted molar refractivity (Wildman–Crippen MR) is 72.8 cm³/mol. The Morgan fingerprint density at radius 3 is 2.90 bits per heavy atom. The average Bonchev–Trinajstić information content (AvgIpc) is 2.72. The maximum atomic E-state index is 11.4. The van der Waals surface area contributed by atoms with Crippen LogP contribution in [-0.4, -0.2) is 33.6 Å². The highest BCUT2D eigenvalue weighted by Gasteiger charge is 2.30. The van der Waals surface area contributed by atoms with Gasteiger partial charge in [0, 0.05) is 12.6 Å². The summed E-state index contributed by atoms with van der Waals surface area (Å²) in [5.41, 5.74) is -0.255. The molecule has 8 nitrogen and oxygen atoms in total. The Morgan fingerprint density at radius 1 is 1.52 bits per heavy atom. The van der Waals surface area contributed by atoms with E-state index in [2.05, 4.69) is 4.98 Å². The average molecular weight is 290 g/mol. The highest BCUT2D eigenvalue weighted by molar-refractivity contribution is 5.78. The number of carbonyl (C=O) groups is 1. The Balaban J connectivity index is 2.45. The minimum atomic E-state index is -0.971. The summed E-state index contributed by atoms with van der Waals surface area (Å²) in [6.07, 6.45) is 4.03. The highest BCUT2D eigenvalue weighted by atomic mass is 16.6. The molecule has 0 saturated carbocycles. The van der Waals surface area contributed by atoms with Crippen molar-refractivity contribution in [1.29, 1.82) is 5.26 Å². The fraction of sp³-hybridized carbons (Fsp3) is 0.462. The molecule has 1 fully saturated rings. The van der Waals surface area contributed by atoms with E-state index in [0.717, 1.165) is 31.5 Å². The zero-order valence-electron chi connectivity index (χ0n) is 11.2. The standard InChI is InChI=1S/C13H14N4O4/c14-7-9-6-10(17(20)21)8-15-12(9)16-5-3-1-2-4-11(16)13(18)19/h6,8,11H,1-5H2,(H,18,19). The van der Waals surface area contributed by atoms with Crippen LogP contribution in [0.15, 0.2) is 12.3 Å². The van der Waals surface area contributed by atoms with Crippen LogP contribution in [0.25, 0.3) is 0 Å². The van der Waals surface area contributed by atoms with Crippen molar-refractivity contribution in [2.24, 2.45) is 0 Å². The number of aliphatic carboxylic acids is 1. The van der Waals surface area contributed by atoms with Gasteiger partial charge >= 0.3 is 5.97 Å². The Labute approximate surface area is 120 Å². The van der Waals surface area contributed by atoms with Crippen molar-refractivity contribution in [2.45, 2.75) is 31.7 Å². The molecule has 0 aromatic carbocycles. The van der Waals surface area contributed by atoms with Crippen molar-refractivity contribution in [1.82, 2.24) is 4.98 Å². The van der Waals surface area contributed by atoms with E-state index in [1.54, 1.807) is 4.90 Å². The van der Waals surface area contributed by atoms with E-state index in [1.807, 2.05) is 6.07 Å². The number of rotatable bonds is 3. The van der Waals surface area contributed by atoms with E-state index in [4.69, 9.17) is 5.26 Å². The smallest absolute Gasteiger partial charge is 0.326 e. The maximum Gasteiger partial charge on any atom is 0.326 e. The van der Waals surface area contributed by atoms with Crippen molar-refractivity contribution in [3.63, 3.8) is 0 Å². The number of carboxylic acid groups (broad SMARTS) is 1. The number of hydrogen-bond acceptors (Lipinski definition) is 6. The van der Waals surface area contributed by atoms with E-state index >= 15 is 0 Å². The number of aromatic nitrogens is 1. The van der Waals surface area contributed by atoms with Gasteiger partial charge in [0.1, 0.15) is 29.7 Å². The summed E-state index contributed by atoms with van der Waals surface area (Å²) in [5.74, 6) is -0.765. The third kappa shape index (κ3) is 3.08. The molecule has 8 heteroatoms. The van der Waals surface area contributed by atoms with Crippen LogP contribution < -0.4 is 4.90 Å². The van der Waals surface area contributed by atoms with Crippen LogP contribution in [0.3, 0.4) is 0 Å². The molecule has 1 aliphatic rings. The largest absolute Gasteiger partial charge is 0.480 e. The fourth-order valence-electron chi connectivity index (χ4n) is 2.48. The van der Waals surface area contributed by atoms with Crippen molar-refractivity contribution in [2.75, 3.05) is 11.4 Å². The van der Waals surface area contributed by atoms with E-state index < -0.39 is 16.9 Å². The second kappa shape index (κ2) is 6.17. The van der Waals surface area contributed by atoms with E-state index in [9.17, 15) is 20.0 Å². The monoisotopic (exact) mass is 290 g/mol. The molecule has 0 radical (unpaired) electrons. The molecule has 2 heterocycles. The second-order valence-corrected chi connectivity index (χ2v) is 4.83. The first-order valence-electron chi connectivity index (χ1n) is 6.58. The van der Waals surface area contributed by atoms with Crippen molar-refractivity contribution >= 4 is 17.5 Å². The molecule has 1 aromatic heterocycles. The lowest BCUT2D eigenvalue weighted by Gasteiger charge is -2.28. The summed E-state index contributed by atoms with van der Waals surface area (Å²) in [5, 5.41) is 29.2. The molecule has 1 aromatic rings. The molecule has 21 heavy (non-hydrogen) atoms. The van der Waals surface area contributed by atoms with Gasteiger partial charge in [-0.25, -0.2) is 9.78 Å². The SMILES string of the molecule is N#Cc1cc([N+](=O)[O-])cnc1N1CCCCCC1C(=O)O. The first-order chi connectivity index (χ1) is 10.0. The molecule has 110 valence electrons. The lowest BCUT2D eigenvalue weighted by molar-refractivity contribution is -0.385. The minimum absolute atomic E-state index is 0.0253. The zero-order valence-corrected chi connectivity index (χ0v) is 11.2. The van der Waals surface area contributed by atoms with Crippen LogP contribution in [0, 0.1) is 21.4 Å². The van der Waals surface area contributed by atoms with E-state index in [0.29, 0.717) is 13.0 Å². The number of nitro groups is 1. The molecular weight excluding hydrogens is 276 g/mol. The fourth-order valence-corrected chi connectivity index (χ4v) is 2.48. The third-order valence-electron chi connectivity index (χ3n) is 3.49. The molecule has 1 unspecified atom stereocenters. The van der Waals surface area contributed by atoms with Gasteiger partial charge in [0.25, 0.3) is 5.69 Å². The van der Waals surface area contributed by atoms with Crippen LogP contribution in [0.5, 0.6) is 0 Å². The van der Waals surface area contributed by atoms with Crippen LogP contribution in [-0.2, 0) is 4.79 Å². The van der Waals surface area contributed by atoms with Gasteiger partial charge in [0.05, 0.1) is 4.92 Å². The normalized spacial score (nSPS) is 18.6.